The van der Waals surface area contributed by atoms with Crippen molar-refractivity contribution in [2.45, 2.75) is 38.8 Å². The zero-order valence-corrected chi connectivity index (χ0v) is 12.2. The fourth-order valence-corrected chi connectivity index (χ4v) is 2.77. The van der Waals surface area contributed by atoms with Crippen LogP contribution in [0.4, 0.5) is 4.39 Å². The molecule has 2 rings (SSSR count). The predicted molar refractivity (Wildman–Crippen MR) is 78.0 cm³/mol. The highest BCUT2D eigenvalue weighted by Crippen LogP contribution is 2.22. The maximum Gasteiger partial charge on any atom is 0.142 e. The third kappa shape index (κ3) is 4.16. The fourth-order valence-electron chi connectivity index (χ4n) is 2.65. The number of likely N-dealkylation sites (tertiary alicyclic amines) is 1. The van der Waals surface area contributed by atoms with Crippen molar-refractivity contribution in [3.63, 3.8) is 0 Å². The molecule has 106 valence electrons. The van der Waals surface area contributed by atoms with Gasteiger partial charge in [0.15, 0.2) is 0 Å². The summed E-state index contributed by atoms with van der Waals surface area (Å²) in [4.78, 5) is 2.44. The molecule has 0 aliphatic carbocycles. The van der Waals surface area contributed by atoms with Crippen molar-refractivity contribution >= 4 is 11.6 Å². The Morgan fingerprint density at radius 2 is 2.32 bits per heavy atom. The van der Waals surface area contributed by atoms with Crippen molar-refractivity contribution < 1.29 is 4.39 Å². The van der Waals surface area contributed by atoms with E-state index in [0.29, 0.717) is 6.04 Å². The van der Waals surface area contributed by atoms with Crippen LogP contribution in [0.3, 0.4) is 0 Å². The molecular weight excluding hydrogens is 263 g/mol. The number of rotatable bonds is 6. The monoisotopic (exact) mass is 284 g/mol. The van der Waals surface area contributed by atoms with E-state index in [1.54, 1.807) is 12.1 Å². The molecule has 0 saturated carbocycles. The first-order valence-corrected chi connectivity index (χ1v) is 7.47. The van der Waals surface area contributed by atoms with Crippen LogP contribution in [0.15, 0.2) is 18.2 Å². The Hall–Kier alpha value is -0.640. The average molecular weight is 285 g/mol. The first-order valence-electron chi connectivity index (χ1n) is 7.09. The number of hydrogen-bond donors (Lipinski definition) is 1. The van der Waals surface area contributed by atoms with Crippen molar-refractivity contribution in [2.75, 3.05) is 19.6 Å². The van der Waals surface area contributed by atoms with Gasteiger partial charge >= 0.3 is 0 Å². The Morgan fingerprint density at radius 1 is 1.47 bits per heavy atom. The molecule has 1 heterocycles. The maximum atomic E-state index is 13.4. The molecule has 1 fully saturated rings. The Morgan fingerprint density at radius 3 is 3.05 bits per heavy atom. The van der Waals surface area contributed by atoms with E-state index in [1.165, 1.54) is 12.8 Å². The van der Waals surface area contributed by atoms with Crippen LogP contribution >= 0.6 is 11.6 Å². The van der Waals surface area contributed by atoms with Crippen molar-refractivity contribution in [3.8, 4) is 0 Å². The third-order valence-corrected chi connectivity index (χ3v) is 3.98. The number of nitrogens with one attached hydrogen (secondary N) is 1. The lowest BCUT2D eigenvalue weighted by atomic mass is 10.1. The summed E-state index contributed by atoms with van der Waals surface area (Å²) in [5.74, 6) is -0.320. The minimum absolute atomic E-state index is 0.200. The molecule has 1 aromatic carbocycles. The molecule has 0 spiro atoms. The molecule has 0 bridgehead atoms. The zero-order chi connectivity index (χ0) is 13.7. The number of nitrogens with zero attached hydrogens (tertiary/aromatic N) is 1. The molecule has 1 unspecified atom stereocenters. The van der Waals surface area contributed by atoms with E-state index in [0.717, 1.165) is 38.2 Å². The van der Waals surface area contributed by atoms with Crippen LogP contribution in [0.1, 0.15) is 31.7 Å². The van der Waals surface area contributed by atoms with Gasteiger partial charge in [-0.15, -0.1) is 0 Å². The van der Waals surface area contributed by atoms with Gasteiger partial charge in [0.25, 0.3) is 0 Å². The minimum Gasteiger partial charge on any atom is -0.315 e. The fraction of sp³-hybridized carbons (Fsp3) is 0.600. The van der Waals surface area contributed by atoms with Crippen LogP contribution in [0.5, 0.6) is 0 Å². The van der Waals surface area contributed by atoms with Gasteiger partial charge in [-0.25, -0.2) is 4.39 Å². The van der Waals surface area contributed by atoms with Crippen molar-refractivity contribution in [2.24, 2.45) is 0 Å². The lowest BCUT2D eigenvalue weighted by Crippen LogP contribution is -2.37. The Balaban J connectivity index is 1.91. The van der Waals surface area contributed by atoms with Crippen LogP contribution in [0.25, 0.3) is 0 Å². The molecule has 19 heavy (non-hydrogen) atoms. The van der Waals surface area contributed by atoms with E-state index in [9.17, 15) is 4.39 Å². The lowest BCUT2D eigenvalue weighted by molar-refractivity contribution is 0.239. The normalized spacial score (nSPS) is 20.1. The van der Waals surface area contributed by atoms with E-state index >= 15 is 0 Å². The Kier molecular flexibility index (Phi) is 5.61. The molecule has 1 aliphatic rings. The largest absolute Gasteiger partial charge is 0.315 e. The molecule has 0 amide bonds. The molecule has 0 aromatic heterocycles. The molecule has 1 atom stereocenters. The summed E-state index contributed by atoms with van der Waals surface area (Å²) in [6.07, 6.45) is 3.62. The number of hydrogen-bond acceptors (Lipinski definition) is 2. The van der Waals surface area contributed by atoms with E-state index in [4.69, 9.17) is 11.6 Å². The third-order valence-electron chi connectivity index (χ3n) is 3.68. The van der Waals surface area contributed by atoms with E-state index in [1.807, 2.05) is 6.07 Å². The van der Waals surface area contributed by atoms with Gasteiger partial charge in [0, 0.05) is 19.1 Å². The van der Waals surface area contributed by atoms with Crippen LogP contribution in [-0.4, -0.2) is 30.6 Å². The summed E-state index contributed by atoms with van der Waals surface area (Å²) >= 11 is 5.71. The van der Waals surface area contributed by atoms with Gasteiger partial charge in [0.1, 0.15) is 5.82 Å². The van der Waals surface area contributed by atoms with Crippen LogP contribution in [0.2, 0.25) is 5.02 Å². The molecular formula is C15H22ClFN2. The summed E-state index contributed by atoms with van der Waals surface area (Å²) in [5.41, 5.74) is 1.00. The molecule has 1 N–H and O–H groups in total. The summed E-state index contributed by atoms with van der Waals surface area (Å²) in [5, 5.41) is 3.68. The standard InChI is InChI=1S/C15H22ClFN2/c1-2-7-18-10-13-4-3-8-19(13)11-12-5-6-14(16)15(17)9-12/h5-6,9,13,18H,2-4,7-8,10-11H2,1H3. The second kappa shape index (κ2) is 7.22. The van der Waals surface area contributed by atoms with Crippen molar-refractivity contribution in [3.05, 3.63) is 34.6 Å². The number of halogens is 2. The van der Waals surface area contributed by atoms with Crippen LogP contribution in [-0.2, 0) is 6.54 Å². The quantitative estimate of drug-likeness (QED) is 0.805. The summed E-state index contributed by atoms with van der Waals surface area (Å²) in [7, 11) is 0. The highest BCUT2D eigenvalue weighted by atomic mass is 35.5. The first-order chi connectivity index (χ1) is 9.20. The molecule has 1 saturated heterocycles. The van der Waals surface area contributed by atoms with E-state index < -0.39 is 0 Å². The zero-order valence-electron chi connectivity index (χ0n) is 11.5. The Bertz CT molecular complexity index is 411. The van der Waals surface area contributed by atoms with Crippen molar-refractivity contribution in [1.82, 2.24) is 10.2 Å². The van der Waals surface area contributed by atoms with Gasteiger partial charge in [-0.05, 0) is 50.0 Å². The first kappa shape index (κ1) is 14.8. The summed E-state index contributed by atoms with van der Waals surface area (Å²) < 4.78 is 13.4. The van der Waals surface area contributed by atoms with Crippen LogP contribution in [0, 0.1) is 5.82 Å². The van der Waals surface area contributed by atoms with Gasteiger partial charge < -0.3 is 5.32 Å². The molecule has 1 aromatic rings. The average Bonchev–Trinajstić information content (AvgIpc) is 2.82. The van der Waals surface area contributed by atoms with Gasteiger partial charge in [-0.2, -0.15) is 0 Å². The maximum absolute atomic E-state index is 13.4. The Labute approximate surface area is 119 Å². The van der Waals surface area contributed by atoms with E-state index in [2.05, 4.69) is 17.1 Å². The predicted octanol–water partition coefficient (Wildman–Crippen LogP) is 3.44. The van der Waals surface area contributed by atoms with Crippen molar-refractivity contribution in [1.29, 1.82) is 0 Å². The summed E-state index contributed by atoms with van der Waals surface area (Å²) in [6, 6.07) is 5.69. The molecule has 2 nitrogen and oxygen atoms in total. The van der Waals surface area contributed by atoms with E-state index in [-0.39, 0.29) is 10.8 Å². The van der Waals surface area contributed by atoms with Gasteiger partial charge in [0.2, 0.25) is 0 Å². The second-order valence-corrected chi connectivity index (χ2v) is 5.63. The highest BCUT2D eigenvalue weighted by Gasteiger charge is 2.24. The summed E-state index contributed by atoms with van der Waals surface area (Å²) in [6.45, 7) is 6.19. The second-order valence-electron chi connectivity index (χ2n) is 5.22. The highest BCUT2D eigenvalue weighted by molar-refractivity contribution is 6.30. The van der Waals surface area contributed by atoms with Crippen LogP contribution < -0.4 is 5.32 Å². The molecule has 0 radical (unpaired) electrons. The van der Waals surface area contributed by atoms with Gasteiger partial charge in [-0.1, -0.05) is 24.6 Å². The van der Waals surface area contributed by atoms with Gasteiger partial charge in [-0.3, -0.25) is 4.90 Å². The SMILES string of the molecule is CCCNCC1CCCN1Cc1ccc(Cl)c(F)c1. The smallest absolute Gasteiger partial charge is 0.142 e. The van der Waals surface area contributed by atoms with Gasteiger partial charge in [0.05, 0.1) is 5.02 Å². The molecule has 4 heteroatoms. The lowest BCUT2D eigenvalue weighted by Gasteiger charge is -2.25. The molecule has 1 aliphatic heterocycles. The minimum atomic E-state index is -0.320. The topological polar surface area (TPSA) is 15.3 Å². The number of benzene rings is 1.